The molecule has 0 aliphatic heterocycles. The average molecular weight is 424 g/mol. The number of nitrogens with one attached hydrogen (secondary N) is 2. The number of amides is 1. The van der Waals surface area contributed by atoms with Gasteiger partial charge in [0.15, 0.2) is 23.8 Å². The van der Waals surface area contributed by atoms with Crippen molar-refractivity contribution in [3.63, 3.8) is 0 Å². The molecule has 9 nitrogen and oxygen atoms in total. The molecule has 2 N–H and O–H groups in total. The Balaban J connectivity index is 1.75. The van der Waals surface area contributed by atoms with E-state index in [-0.39, 0.29) is 24.8 Å². The number of benzene rings is 2. The SMILES string of the molecule is CCOC(=O)c1n[nH]nc1-c1ccc(OCC(=O)Nc2ccccc2C)c(OCC)c1. The Morgan fingerprint density at radius 1 is 1.00 bits per heavy atom. The average Bonchev–Trinajstić information content (AvgIpc) is 3.25. The maximum absolute atomic E-state index is 12.3. The van der Waals surface area contributed by atoms with Crippen LogP contribution in [0.25, 0.3) is 11.3 Å². The number of esters is 1. The van der Waals surface area contributed by atoms with Crippen LogP contribution in [0.1, 0.15) is 29.9 Å². The van der Waals surface area contributed by atoms with Gasteiger partial charge >= 0.3 is 5.97 Å². The number of ether oxygens (including phenoxy) is 3. The van der Waals surface area contributed by atoms with Gasteiger partial charge in [-0.25, -0.2) is 4.79 Å². The predicted molar refractivity (Wildman–Crippen MR) is 114 cm³/mol. The minimum atomic E-state index is -0.572. The molecule has 0 aliphatic carbocycles. The number of carbonyl (C=O) groups excluding carboxylic acids is 2. The minimum Gasteiger partial charge on any atom is -0.490 e. The molecule has 0 unspecified atom stereocenters. The first-order valence-electron chi connectivity index (χ1n) is 9.86. The van der Waals surface area contributed by atoms with Crippen LogP contribution in [-0.2, 0) is 9.53 Å². The molecule has 0 radical (unpaired) electrons. The molecule has 162 valence electrons. The highest BCUT2D eigenvalue weighted by Gasteiger charge is 2.20. The lowest BCUT2D eigenvalue weighted by Crippen LogP contribution is -2.20. The van der Waals surface area contributed by atoms with E-state index in [9.17, 15) is 9.59 Å². The molecule has 31 heavy (non-hydrogen) atoms. The van der Waals surface area contributed by atoms with Gasteiger partial charge in [0, 0.05) is 11.3 Å². The van der Waals surface area contributed by atoms with Crippen LogP contribution in [0.5, 0.6) is 11.5 Å². The Morgan fingerprint density at radius 2 is 1.81 bits per heavy atom. The third-order valence-corrected chi connectivity index (χ3v) is 4.31. The number of anilines is 1. The molecule has 1 aromatic heterocycles. The summed E-state index contributed by atoms with van der Waals surface area (Å²) in [4.78, 5) is 24.4. The van der Waals surface area contributed by atoms with E-state index < -0.39 is 5.97 Å². The Kier molecular flexibility index (Phi) is 7.21. The van der Waals surface area contributed by atoms with Crippen LogP contribution in [0.3, 0.4) is 0 Å². The summed E-state index contributed by atoms with van der Waals surface area (Å²) < 4.78 is 16.4. The summed E-state index contributed by atoms with van der Waals surface area (Å²) in [6.45, 7) is 5.89. The number of H-pyrrole nitrogens is 1. The van der Waals surface area contributed by atoms with Gasteiger partial charge in [-0.05, 0) is 50.6 Å². The summed E-state index contributed by atoms with van der Waals surface area (Å²) >= 11 is 0. The standard InChI is InChI=1S/C22H24N4O5/c1-4-29-18-12-15(20-21(25-26-24-20)22(28)30-5-2)10-11-17(18)31-13-19(27)23-16-9-7-6-8-14(16)3/h6-12H,4-5,13H2,1-3H3,(H,23,27)(H,24,25,26). The zero-order chi connectivity index (χ0) is 22.2. The minimum absolute atomic E-state index is 0.0792. The van der Waals surface area contributed by atoms with Gasteiger partial charge in [-0.2, -0.15) is 10.3 Å². The molecule has 1 heterocycles. The predicted octanol–water partition coefficient (Wildman–Crippen LogP) is 3.37. The maximum Gasteiger partial charge on any atom is 0.361 e. The van der Waals surface area contributed by atoms with Crippen LogP contribution in [0.4, 0.5) is 5.69 Å². The van der Waals surface area contributed by atoms with Gasteiger partial charge in [-0.15, -0.1) is 5.10 Å². The number of hydrogen-bond donors (Lipinski definition) is 2. The topological polar surface area (TPSA) is 115 Å². The second kappa shape index (κ2) is 10.2. The quantitative estimate of drug-likeness (QED) is 0.506. The Morgan fingerprint density at radius 3 is 2.55 bits per heavy atom. The van der Waals surface area contributed by atoms with Crippen LogP contribution in [0, 0.1) is 6.92 Å². The molecule has 0 aliphatic rings. The van der Waals surface area contributed by atoms with Crippen molar-refractivity contribution in [3.05, 3.63) is 53.7 Å². The summed E-state index contributed by atoms with van der Waals surface area (Å²) in [5, 5.41) is 13.2. The van der Waals surface area contributed by atoms with E-state index in [0.29, 0.717) is 29.4 Å². The molecule has 1 amide bonds. The van der Waals surface area contributed by atoms with Crippen LogP contribution in [0.15, 0.2) is 42.5 Å². The zero-order valence-electron chi connectivity index (χ0n) is 17.6. The van der Waals surface area contributed by atoms with Crippen molar-refractivity contribution in [3.8, 4) is 22.8 Å². The molecule has 0 atom stereocenters. The lowest BCUT2D eigenvalue weighted by Gasteiger charge is -2.13. The van der Waals surface area contributed by atoms with Crippen LogP contribution in [0.2, 0.25) is 0 Å². The van der Waals surface area contributed by atoms with E-state index in [1.807, 2.05) is 38.1 Å². The van der Waals surface area contributed by atoms with E-state index in [1.165, 1.54) is 0 Å². The smallest absolute Gasteiger partial charge is 0.361 e. The van der Waals surface area contributed by atoms with E-state index >= 15 is 0 Å². The van der Waals surface area contributed by atoms with E-state index in [0.717, 1.165) is 11.3 Å². The lowest BCUT2D eigenvalue weighted by molar-refractivity contribution is -0.118. The first-order chi connectivity index (χ1) is 15.0. The third kappa shape index (κ3) is 5.39. The van der Waals surface area contributed by atoms with Crippen molar-refractivity contribution >= 4 is 17.6 Å². The van der Waals surface area contributed by atoms with Crippen molar-refractivity contribution in [2.45, 2.75) is 20.8 Å². The molecule has 0 bridgehead atoms. The number of hydrogen-bond acceptors (Lipinski definition) is 7. The largest absolute Gasteiger partial charge is 0.490 e. The number of aryl methyl sites for hydroxylation is 1. The second-order valence-electron chi connectivity index (χ2n) is 6.49. The maximum atomic E-state index is 12.3. The number of nitrogens with zero attached hydrogens (tertiary/aromatic N) is 2. The molecule has 2 aromatic carbocycles. The van der Waals surface area contributed by atoms with Crippen LogP contribution in [-0.4, -0.2) is 47.1 Å². The first-order valence-corrected chi connectivity index (χ1v) is 9.86. The lowest BCUT2D eigenvalue weighted by atomic mass is 10.1. The van der Waals surface area contributed by atoms with Crippen molar-refractivity contribution in [1.29, 1.82) is 0 Å². The van der Waals surface area contributed by atoms with E-state index in [2.05, 4.69) is 20.7 Å². The van der Waals surface area contributed by atoms with Gasteiger partial charge in [0.25, 0.3) is 5.91 Å². The molecule has 0 saturated heterocycles. The van der Waals surface area contributed by atoms with Gasteiger partial charge in [0.05, 0.1) is 13.2 Å². The highest BCUT2D eigenvalue weighted by Crippen LogP contribution is 2.33. The number of para-hydroxylation sites is 1. The van der Waals surface area contributed by atoms with Gasteiger partial charge in [-0.3, -0.25) is 4.79 Å². The van der Waals surface area contributed by atoms with Crippen LogP contribution >= 0.6 is 0 Å². The summed E-state index contributed by atoms with van der Waals surface area (Å²) in [6, 6.07) is 12.5. The molecule has 3 aromatic rings. The van der Waals surface area contributed by atoms with Crippen molar-refractivity contribution in [1.82, 2.24) is 15.4 Å². The van der Waals surface area contributed by atoms with Gasteiger partial charge in [0.1, 0.15) is 5.69 Å². The number of carbonyl (C=O) groups is 2. The molecule has 0 fully saturated rings. The Hall–Kier alpha value is -3.88. The van der Waals surface area contributed by atoms with E-state index in [4.69, 9.17) is 14.2 Å². The van der Waals surface area contributed by atoms with Gasteiger partial charge in [-0.1, -0.05) is 18.2 Å². The summed E-state index contributed by atoms with van der Waals surface area (Å²) in [5.74, 6) is -0.0486. The Bertz CT molecular complexity index is 1060. The monoisotopic (exact) mass is 424 g/mol. The highest BCUT2D eigenvalue weighted by molar-refractivity contribution is 5.94. The fourth-order valence-corrected chi connectivity index (χ4v) is 2.86. The highest BCUT2D eigenvalue weighted by atomic mass is 16.5. The molecule has 0 saturated carbocycles. The van der Waals surface area contributed by atoms with Crippen molar-refractivity contribution in [2.24, 2.45) is 0 Å². The molecular formula is C22H24N4O5. The molecule has 3 rings (SSSR count). The fourth-order valence-electron chi connectivity index (χ4n) is 2.86. The summed E-state index contributed by atoms with van der Waals surface area (Å²) in [7, 11) is 0. The first kappa shape index (κ1) is 21.8. The summed E-state index contributed by atoms with van der Waals surface area (Å²) in [5.41, 5.74) is 2.70. The third-order valence-electron chi connectivity index (χ3n) is 4.31. The number of rotatable bonds is 9. The van der Waals surface area contributed by atoms with E-state index in [1.54, 1.807) is 25.1 Å². The molecule has 9 heteroatoms. The second-order valence-corrected chi connectivity index (χ2v) is 6.49. The molecular weight excluding hydrogens is 400 g/mol. The summed E-state index contributed by atoms with van der Waals surface area (Å²) in [6.07, 6.45) is 0. The number of aromatic nitrogens is 3. The van der Waals surface area contributed by atoms with Crippen LogP contribution < -0.4 is 14.8 Å². The van der Waals surface area contributed by atoms with Crippen molar-refractivity contribution < 1.29 is 23.8 Å². The number of aromatic amines is 1. The van der Waals surface area contributed by atoms with Crippen molar-refractivity contribution in [2.75, 3.05) is 25.1 Å². The Labute approximate surface area is 179 Å². The normalized spacial score (nSPS) is 10.4. The van der Waals surface area contributed by atoms with Gasteiger partial charge in [0.2, 0.25) is 0 Å². The fraction of sp³-hybridized carbons (Fsp3) is 0.273. The zero-order valence-corrected chi connectivity index (χ0v) is 17.6. The van der Waals surface area contributed by atoms with Gasteiger partial charge < -0.3 is 19.5 Å². The molecule has 0 spiro atoms.